The minimum atomic E-state index is -1.18. The first-order valence-corrected chi connectivity index (χ1v) is 9.09. The molecule has 2 aromatic carbocycles. The standard InChI is InChI=1S/C19H15F4N3S/c1-27-12-3-5-14(13(20)9-12)26-15-4-2-10(16(21)18(15)23)8-11-6-7-25-19(24)17(11)22/h2-7,9,26H,8H2,1H3,(H2,24,25). The van der Waals surface area contributed by atoms with E-state index in [-0.39, 0.29) is 34.7 Å². The fourth-order valence-electron chi connectivity index (χ4n) is 2.54. The van der Waals surface area contributed by atoms with Gasteiger partial charge in [-0.05, 0) is 47.7 Å². The minimum absolute atomic E-state index is 0.0202. The number of hydrogen-bond acceptors (Lipinski definition) is 4. The molecule has 3 aromatic rings. The number of nitrogen functional groups attached to an aromatic ring is 1. The van der Waals surface area contributed by atoms with E-state index >= 15 is 0 Å². The van der Waals surface area contributed by atoms with Crippen LogP contribution in [-0.2, 0) is 6.42 Å². The van der Waals surface area contributed by atoms with Gasteiger partial charge in [0.05, 0.1) is 11.4 Å². The Morgan fingerprint density at radius 3 is 2.33 bits per heavy atom. The highest BCUT2D eigenvalue weighted by atomic mass is 32.2. The predicted octanol–water partition coefficient (Wildman–Crippen LogP) is 5.28. The predicted molar refractivity (Wildman–Crippen MR) is 99.2 cm³/mol. The summed E-state index contributed by atoms with van der Waals surface area (Å²) in [6.07, 6.45) is 2.90. The number of rotatable bonds is 5. The quantitative estimate of drug-likeness (QED) is 0.458. The summed E-state index contributed by atoms with van der Waals surface area (Å²) in [7, 11) is 0. The summed E-state index contributed by atoms with van der Waals surface area (Å²) in [5.41, 5.74) is 5.23. The lowest BCUT2D eigenvalue weighted by Crippen LogP contribution is -2.04. The number of benzene rings is 2. The van der Waals surface area contributed by atoms with E-state index in [2.05, 4.69) is 10.3 Å². The molecule has 3 nitrogen and oxygen atoms in total. The maximum atomic E-state index is 14.4. The van der Waals surface area contributed by atoms with Crippen molar-refractivity contribution in [1.29, 1.82) is 0 Å². The number of anilines is 3. The summed E-state index contributed by atoms with van der Waals surface area (Å²) in [5.74, 6) is -3.98. The van der Waals surface area contributed by atoms with Crippen LogP contribution in [0.3, 0.4) is 0 Å². The highest BCUT2D eigenvalue weighted by molar-refractivity contribution is 7.98. The van der Waals surface area contributed by atoms with Crippen molar-refractivity contribution >= 4 is 29.0 Å². The molecule has 0 spiro atoms. The molecule has 27 heavy (non-hydrogen) atoms. The maximum absolute atomic E-state index is 14.4. The molecular formula is C19H15F4N3S. The molecule has 1 aromatic heterocycles. The molecule has 3 N–H and O–H groups in total. The molecule has 8 heteroatoms. The molecular weight excluding hydrogens is 378 g/mol. The van der Waals surface area contributed by atoms with Gasteiger partial charge in [0, 0.05) is 17.5 Å². The molecule has 0 atom stereocenters. The molecule has 0 radical (unpaired) electrons. The summed E-state index contributed by atoms with van der Waals surface area (Å²) in [6.45, 7) is 0. The van der Waals surface area contributed by atoms with Gasteiger partial charge in [-0.1, -0.05) is 6.07 Å². The van der Waals surface area contributed by atoms with Gasteiger partial charge in [-0.25, -0.2) is 22.5 Å². The molecule has 0 aliphatic carbocycles. The molecule has 0 unspecified atom stereocenters. The Kier molecular flexibility index (Phi) is 5.55. The molecule has 3 rings (SSSR count). The number of halogens is 4. The molecule has 1 heterocycles. The summed E-state index contributed by atoms with van der Waals surface area (Å²) in [5, 5.41) is 2.54. The summed E-state index contributed by atoms with van der Waals surface area (Å²) in [6, 6.07) is 8.34. The van der Waals surface area contributed by atoms with E-state index in [0.29, 0.717) is 4.90 Å². The zero-order valence-corrected chi connectivity index (χ0v) is 15.0. The van der Waals surface area contributed by atoms with Crippen LogP contribution in [0.2, 0.25) is 0 Å². The first kappa shape index (κ1) is 19.0. The van der Waals surface area contributed by atoms with Crippen molar-refractivity contribution in [1.82, 2.24) is 4.98 Å². The van der Waals surface area contributed by atoms with Gasteiger partial charge in [-0.15, -0.1) is 11.8 Å². The number of nitrogens with two attached hydrogens (primary N) is 1. The smallest absolute Gasteiger partial charge is 0.182 e. The number of nitrogens with zero attached hydrogens (tertiary/aromatic N) is 1. The number of thioether (sulfide) groups is 1. The normalized spacial score (nSPS) is 10.9. The Balaban J connectivity index is 1.88. The average molecular weight is 393 g/mol. The molecule has 0 saturated heterocycles. The topological polar surface area (TPSA) is 50.9 Å². The van der Waals surface area contributed by atoms with Crippen LogP contribution in [0.15, 0.2) is 47.5 Å². The second-order valence-corrected chi connectivity index (χ2v) is 6.60. The third-order valence-electron chi connectivity index (χ3n) is 3.98. The van der Waals surface area contributed by atoms with Crippen molar-refractivity contribution in [2.24, 2.45) is 0 Å². The molecule has 0 fully saturated rings. The Hall–Kier alpha value is -2.74. The van der Waals surface area contributed by atoms with Gasteiger partial charge in [0.2, 0.25) is 0 Å². The van der Waals surface area contributed by atoms with Gasteiger partial charge in [0.15, 0.2) is 23.3 Å². The highest BCUT2D eigenvalue weighted by Crippen LogP contribution is 2.29. The van der Waals surface area contributed by atoms with E-state index in [9.17, 15) is 17.6 Å². The van der Waals surface area contributed by atoms with Gasteiger partial charge >= 0.3 is 0 Å². The van der Waals surface area contributed by atoms with Crippen LogP contribution < -0.4 is 11.1 Å². The SMILES string of the molecule is CSc1ccc(Nc2ccc(Cc3ccnc(N)c3F)c(F)c2F)c(F)c1. The van der Waals surface area contributed by atoms with Crippen molar-refractivity contribution in [2.45, 2.75) is 11.3 Å². The average Bonchev–Trinajstić information content (AvgIpc) is 2.66. The van der Waals surface area contributed by atoms with Crippen LogP contribution in [0.25, 0.3) is 0 Å². The summed E-state index contributed by atoms with van der Waals surface area (Å²) in [4.78, 5) is 4.30. The van der Waals surface area contributed by atoms with Gasteiger partial charge in [-0.2, -0.15) is 0 Å². The Morgan fingerprint density at radius 2 is 1.63 bits per heavy atom. The lowest BCUT2D eigenvalue weighted by atomic mass is 10.0. The summed E-state index contributed by atoms with van der Waals surface area (Å²) < 4.78 is 56.8. The van der Waals surface area contributed by atoms with Crippen molar-refractivity contribution < 1.29 is 17.6 Å². The van der Waals surface area contributed by atoms with Crippen molar-refractivity contribution in [3.63, 3.8) is 0 Å². The number of hydrogen-bond donors (Lipinski definition) is 2. The second kappa shape index (κ2) is 7.87. The minimum Gasteiger partial charge on any atom is -0.381 e. The van der Waals surface area contributed by atoms with Crippen LogP contribution >= 0.6 is 11.8 Å². The van der Waals surface area contributed by atoms with E-state index in [1.807, 2.05) is 0 Å². The van der Waals surface area contributed by atoms with Crippen molar-refractivity contribution in [3.05, 3.63) is 77.0 Å². The largest absolute Gasteiger partial charge is 0.381 e. The molecule has 0 saturated carbocycles. The molecule has 0 amide bonds. The molecule has 0 aliphatic heterocycles. The van der Waals surface area contributed by atoms with Crippen LogP contribution in [0, 0.1) is 23.3 Å². The van der Waals surface area contributed by atoms with Crippen LogP contribution in [0.5, 0.6) is 0 Å². The van der Waals surface area contributed by atoms with Crippen molar-refractivity contribution in [2.75, 3.05) is 17.3 Å². The van der Waals surface area contributed by atoms with E-state index < -0.39 is 23.3 Å². The lowest BCUT2D eigenvalue weighted by Gasteiger charge is -2.12. The van der Waals surface area contributed by atoms with Gasteiger partial charge in [0.25, 0.3) is 0 Å². The fourth-order valence-corrected chi connectivity index (χ4v) is 2.96. The van der Waals surface area contributed by atoms with Crippen LogP contribution in [-0.4, -0.2) is 11.2 Å². The second-order valence-electron chi connectivity index (χ2n) is 5.72. The van der Waals surface area contributed by atoms with Crippen LogP contribution in [0.1, 0.15) is 11.1 Å². The van der Waals surface area contributed by atoms with Crippen molar-refractivity contribution in [3.8, 4) is 0 Å². The number of aromatic nitrogens is 1. The molecule has 140 valence electrons. The monoisotopic (exact) mass is 393 g/mol. The zero-order valence-electron chi connectivity index (χ0n) is 14.2. The molecule has 0 bridgehead atoms. The maximum Gasteiger partial charge on any atom is 0.182 e. The third-order valence-corrected chi connectivity index (χ3v) is 4.71. The summed E-state index contributed by atoms with van der Waals surface area (Å²) >= 11 is 1.36. The van der Waals surface area contributed by atoms with Gasteiger partial charge < -0.3 is 11.1 Å². The first-order valence-electron chi connectivity index (χ1n) is 7.87. The number of pyridine rings is 1. The van der Waals surface area contributed by atoms with E-state index in [4.69, 9.17) is 5.73 Å². The Labute approximate surface area is 157 Å². The zero-order chi connectivity index (χ0) is 19.6. The van der Waals surface area contributed by atoms with E-state index in [1.54, 1.807) is 12.3 Å². The Morgan fingerprint density at radius 1 is 0.926 bits per heavy atom. The lowest BCUT2D eigenvalue weighted by molar-refractivity contribution is 0.502. The highest BCUT2D eigenvalue weighted by Gasteiger charge is 2.17. The van der Waals surface area contributed by atoms with Gasteiger partial charge in [0.1, 0.15) is 5.82 Å². The van der Waals surface area contributed by atoms with Crippen LogP contribution in [0.4, 0.5) is 34.8 Å². The molecule has 0 aliphatic rings. The first-order chi connectivity index (χ1) is 12.9. The van der Waals surface area contributed by atoms with E-state index in [0.717, 1.165) is 0 Å². The fraction of sp³-hybridized carbons (Fsp3) is 0.105. The number of nitrogens with one attached hydrogen (secondary N) is 1. The Bertz CT molecular complexity index is 995. The van der Waals surface area contributed by atoms with Gasteiger partial charge in [-0.3, -0.25) is 0 Å². The third kappa shape index (κ3) is 4.00. The van der Waals surface area contributed by atoms with E-state index in [1.165, 1.54) is 48.3 Å².